The Balaban J connectivity index is 2.50. The van der Waals surface area contributed by atoms with E-state index < -0.39 is 23.9 Å². The summed E-state index contributed by atoms with van der Waals surface area (Å²) in [5, 5.41) is 12.0. The van der Waals surface area contributed by atoms with E-state index >= 15 is 0 Å². The Labute approximate surface area is 97.9 Å². The molecule has 94 valence electrons. The lowest BCUT2D eigenvalue weighted by atomic mass is 10.1. The van der Waals surface area contributed by atoms with E-state index in [0.29, 0.717) is 0 Å². The van der Waals surface area contributed by atoms with Crippen LogP contribution in [0.1, 0.15) is 16.2 Å². The number of hydrogen-bond acceptors (Lipinski definition) is 4. The van der Waals surface area contributed by atoms with Gasteiger partial charge in [-0.05, 0) is 6.07 Å². The lowest BCUT2D eigenvalue weighted by Gasteiger charge is -2.00. The van der Waals surface area contributed by atoms with Crippen molar-refractivity contribution < 1.29 is 27.6 Å². The van der Waals surface area contributed by atoms with Crippen LogP contribution >= 0.6 is 0 Å². The van der Waals surface area contributed by atoms with Crippen molar-refractivity contribution in [3.63, 3.8) is 0 Å². The van der Waals surface area contributed by atoms with E-state index in [-0.39, 0.29) is 11.1 Å². The molecule has 1 heterocycles. The molecule has 5 nitrogen and oxygen atoms in total. The summed E-state index contributed by atoms with van der Waals surface area (Å²) in [6.45, 7) is 0. The van der Waals surface area contributed by atoms with Crippen LogP contribution in [0.5, 0.6) is 0 Å². The molecule has 8 heteroatoms. The van der Waals surface area contributed by atoms with Crippen molar-refractivity contribution in [1.82, 2.24) is 10.1 Å². The average Bonchev–Trinajstić information content (AvgIpc) is 2.77. The second-order valence-corrected chi connectivity index (χ2v) is 3.27. The number of rotatable bonds is 2. The first-order chi connectivity index (χ1) is 8.39. The number of nitrogens with zero attached hydrogens (tertiary/aromatic N) is 2. The van der Waals surface area contributed by atoms with Crippen molar-refractivity contribution in [2.45, 2.75) is 6.18 Å². The molecule has 0 aliphatic rings. The molecule has 0 saturated carbocycles. The van der Waals surface area contributed by atoms with Gasteiger partial charge in [0.1, 0.15) is 0 Å². The molecule has 0 atom stereocenters. The standard InChI is InChI=1S/C10H5F3N2O3/c11-10(12,13)9-14-7(15-18-9)5-3-1-2-4-6(5)8(16)17/h1-4H,(H,16,17). The highest BCUT2D eigenvalue weighted by Gasteiger charge is 2.38. The van der Waals surface area contributed by atoms with Crippen LogP contribution in [0.4, 0.5) is 13.2 Å². The van der Waals surface area contributed by atoms with E-state index in [9.17, 15) is 18.0 Å². The Bertz CT molecular complexity index is 592. The maximum Gasteiger partial charge on any atom is 0.471 e. The van der Waals surface area contributed by atoms with Crippen molar-refractivity contribution in [1.29, 1.82) is 0 Å². The highest BCUT2D eigenvalue weighted by atomic mass is 19.4. The predicted octanol–water partition coefficient (Wildman–Crippen LogP) is 2.45. The normalized spacial score (nSPS) is 11.5. The van der Waals surface area contributed by atoms with Gasteiger partial charge in [-0.25, -0.2) is 4.79 Å². The van der Waals surface area contributed by atoms with Crippen molar-refractivity contribution in [3.05, 3.63) is 35.7 Å². The van der Waals surface area contributed by atoms with Crippen LogP contribution in [0.3, 0.4) is 0 Å². The SMILES string of the molecule is O=C(O)c1ccccc1-c1noc(C(F)(F)F)n1. The first kappa shape index (κ1) is 12.1. The third-order valence-electron chi connectivity index (χ3n) is 2.07. The molecule has 0 radical (unpaired) electrons. The van der Waals surface area contributed by atoms with Crippen LogP contribution in [0, 0.1) is 0 Å². The van der Waals surface area contributed by atoms with Gasteiger partial charge in [0, 0.05) is 5.56 Å². The van der Waals surface area contributed by atoms with Crippen molar-refractivity contribution in [3.8, 4) is 11.4 Å². The molecule has 0 saturated heterocycles. The Kier molecular flexibility index (Phi) is 2.77. The summed E-state index contributed by atoms with van der Waals surface area (Å²) < 4.78 is 40.8. The summed E-state index contributed by atoms with van der Waals surface area (Å²) in [7, 11) is 0. The lowest BCUT2D eigenvalue weighted by molar-refractivity contribution is -0.159. The largest absolute Gasteiger partial charge is 0.478 e. The first-order valence-corrected chi connectivity index (χ1v) is 4.63. The van der Waals surface area contributed by atoms with Crippen LogP contribution in [0.15, 0.2) is 28.8 Å². The Morgan fingerprint density at radius 2 is 1.94 bits per heavy atom. The van der Waals surface area contributed by atoms with Crippen LogP contribution in [0.2, 0.25) is 0 Å². The number of alkyl halides is 3. The molecule has 2 aromatic rings. The zero-order chi connectivity index (χ0) is 13.3. The minimum absolute atomic E-state index is 0.0377. The van der Waals surface area contributed by atoms with Gasteiger partial charge in [0.15, 0.2) is 0 Å². The molecule has 0 aliphatic heterocycles. The minimum Gasteiger partial charge on any atom is -0.478 e. The first-order valence-electron chi connectivity index (χ1n) is 4.63. The fourth-order valence-electron chi connectivity index (χ4n) is 1.31. The number of carboxylic acids is 1. The van der Waals surface area contributed by atoms with Crippen LogP contribution in [-0.4, -0.2) is 21.2 Å². The highest BCUT2D eigenvalue weighted by molar-refractivity contribution is 5.94. The Morgan fingerprint density at radius 1 is 1.28 bits per heavy atom. The maximum absolute atomic E-state index is 12.3. The molecular weight excluding hydrogens is 253 g/mol. The molecule has 0 amide bonds. The maximum atomic E-state index is 12.3. The zero-order valence-electron chi connectivity index (χ0n) is 8.60. The molecule has 1 aromatic carbocycles. The smallest absolute Gasteiger partial charge is 0.471 e. The zero-order valence-corrected chi connectivity index (χ0v) is 8.60. The van der Waals surface area contributed by atoms with Gasteiger partial charge in [0.05, 0.1) is 5.56 Å². The number of aromatic nitrogens is 2. The van der Waals surface area contributed by atoms with E-state index in [1.165, 1.54) is 24.3 Å². The third-order valence-corrected chi connectivity index (χ3v) is 2.07. The van der Waals surface area contributed by atoms with Gasteiger partial charge in [-0.2, -0.15) is 18.2 Å². The van der Waals surface area contributed by atoms with Gasteiger partial charge in [-0.15, -0.1) is 0 Å². The highest BCUT2D eigenvalue weighted by Crippen LogP contribution is 2.30. The summed E-state index contributed by atoms with van der Waals surface area (Å²) in [5.74, 6) is -3.22. The number of hydrogen-bond donors (Lipinski definition) is 1. The number of halogens is 3. The molecule has 0 unspecified atom stereocenters. The van der Waals surface area contributed by atoms with Gasteiger partial charge >= 0.3 is 18.0 Å². The summed E-state index contributed by atoms with van der Waals surface area (Å²) in [6.07, 6.45) is -4.76. The van der Waals surface area contributed by atoms with E-state index in [2.05, 4.69) is 14.7 Å². The quantitative estimate of drug-likeness (QED) is 0.895. The second kappa shape index (κ2) is 4.13. The molecule has 0 aliphatic carbocycles. The molecule has 0 spiro atoms. The number of benzene rings is 1. The summed E-state index contributed by atoms with van der Waals surface area (Å²) >= 11 is 0. The second-order valence-electron chi connectivity index (χ2n) is 3.27. The van der Waals surface area contributed by atoms with Crippen LogP contribution < -0.4 is 0 Å². The van der Waals surface area contributed by atoms with Crippen LogP contribution in [-0.2, 0) is 6.18 Å². The van der Waals surface area contributed by atoms with Crippen LogP contribution in [0.25, 0.3) is 11.4 Å². The molecule has 1 aromatic heterocycles. The lowest BCUT2D eigenvalue weighted by Crippen LogP contribution is -2.05. The summed E-state index contributed by atoms with van der Waals surface area (Å²) in [5.41, 5.74) is -0.240. The average molecular weight is 258 g/mol. The molecule has 18 heavy (non-hydrogen) atoms. The van der Waals surface area contributed by atoms with Crippen molar-refractivity contribution in [2.75, 3.05) is 0 Å². The van der Waals surface area contributed by atoms with Gasteiger partial charge in [-0.1, -0.05) is 23.4 Å². The van der Waals surface area contributed by atoms with Crippen molar-refractivity contribution >= 4 is 5.97 Å². The molecule has 0 bridgehead atoms. The summed E-state index contributed by atoms with van der Waals surface area (Å²) in [6, 6.07) is 5.44. The topological polar surface area (TPSA) is 76.2 Å². The van der Waals surface area contributed by atoms with Gasteiger partial charge in [0.2, 0.25) is 5.82 Å². The van der Waals surface area contributed by atoms with Gasteiger partial charge in [0.25, 0.3) is 0 Å². The van der Waals surface area contributed by atoms with E-state index in [1.807, 2.05) is 0 Å². The molecule has 1 N–H and O–H groups in total. The fourth-order valence-corrected chi connectivity index (χ4v) is 1.31. The fraction of sp³-hybridized carbons (Fsp3) is 0.100. The molecule has 2 rings (SSSR count). The van der Waals surface area contributed by atoms with Crippen molar-refractivity contribution in [2.24, 2.45) is 0 Å². The van der Waals surface area contributed by atoms with Gasteiger partial charge < -0.3 is 9.63 Å². The minimum atomic E-state index is -4.76. The third kappa shape index (κ3) is 2.17. The number of aromatic carboxylic acids is 1. The monoisotopic (exact) mass is 258 g/mol. The number of carbonyl (C=O) groups is 1. The predicted molar refractivity (Wildman–Crippen MR) is 51.7 cm³/mol. The summed E-state index contributed by atoms with van der Waals surface area (Å²) in [4.78, 5) is 14.0. The van der Waals surface area contributed by atoms with Gasteiger partial charge in [-0.3, -0.25) is 0 Å². The Hall–Kier alpha value is -2.38. The van der Waals surface area contributed by atoms with E-state index in [1.54, 1.807) is 0 Å². The Morgan fingerprint density at radius 3 is 2.50 bits per heavy atom. The number of carboxylic acid groups (broad SMARTS) is 1. The molecular formula is C10H5F3N2O3. The molecule has 0 fully saturated rings. The van der Waals surface area contributed by atoms with E-state index in [0.717, 1.165) is 0 Å². The van der Waals surface area contributed by atoms with E-state index in [4.69, 9.17) is 5.11 Å².